The SMILES string of the molecule is Fc1ccc(CSCC2CCNCC2)cc1. The van der Waals surface area contributed by atoms with Crippen molar-refractivity contribution < 1.29 is 4.39 Å². The number of benzene rings is 1. The van der Waals surface area contributed by atoms with Crippen LogP contribution < -0.4 is 5.32 Å². The Morgan fingerprint density at radius 1 is 1.19 bits per heavy atom. The van der Waals surface area contributed by atoms with Crippen molar-refractivity contribution in [3.8, 4) is 0 Å². The summed E-state index contributed by atoms with van der Waals surface area (Å²) < 4.78 is 12.7. The normalized spacial score (nSPS) is 17.6. The molecule has 0 saturated carbocycles. The number of hydrogen-bond acceptors (Lipinski definition) is 2. The van der Waals surface area contributed by atoms with Crippen molar-refractivity contribution >= 4 is 11.8 Å². The van der Waals surface area contributed by atoms with Crippen molar-refractivity contribution in [2.45, 2.75) is 18.6 Å². The van der Waals surface area contributed by atoms with Gasteiger partial charge < -0.3 is 5.32 Å². The van der Waals surface area contributed by atoms with E-state index < -0.39 is 0 Å². The summed E-state index contributed by atoms with van der Waals surface area (Å²) in [7, 11) is 0. The fraction of sp³-hybridized carbons (Fsp3) is 0.538. The molecule has 0 bridgehead atoms. The van der Waals surface area contributed by atoms with Gasteiger partial charge in [0.15, 0.2) is 0 Å². The maximum Gasteiger partial charge on any atom is 0.123 e. The van der Waals surface area contributed by atoms with Gasteiger partial charge in [-0.25, -0.2) is 4.39 Å². The quantitative estimate of drug-likeness (QED) is 0.866. The molecule has 1 nitrogen and oxygen atoms in total. The zero-order chi connectivity index (χ0) is 11.2. The molecule has 1 aromatic rings. The Morgan fingerprint density at radius 3 is 2.56 bits per heavy atom. The van der Waals surface area contributed by atoms with Crippen LogP contribution in [-0.2, 0) is 5.75 Å². The second kappa shape index (κ2) is 6.26. The number of thioether (sulfide) groups is 1. The molecule has 2 rings (SSSR count). The van der Waals surface area contributed by atoms with Crippen molar-refractivity contribution in [3.63, 3.8) is 0 Å². The van der Waals surface area contributed by atoms with Crippen molar-refractivity contribution in [1.82, 2.24) is 5.32 Å². The maximum absolute atomic E-state index is 12.7. The molecule has 1 N–H and O–H groups in total. The highest BCUT2D eigenvalue weighted by atomic mass is 32.2. The van der Waals surface area contributed by atoms with Crippen LogP contribution in [0.5, 0.6) is 0 Å². The molecule has 1 heterocycles. The topological polar surface area (TPSA) is 12.0 Å². The minimum atomic E-state index is -0.146. The first-order valence-corrected chi connectivity index (χ1v) is 7.03. The van der Waals surface area contributed by atoms with Crippen LogP contribution in [0.15, 0.2) is 24.3 Å². The minimum absolute atomic E-state index is 0.146. The van der Waals surface area contributed by atoms with Crippen LogP contribution >= 0.6 is 11.8 Å². The summed E-state index contributed by atoms with van der Waals surface area (Å²) in [6.07, 6.45) is 2.60. The third kappa shape index (κ3) is 3.80. The van der Waals surface area contributed by atoms with Gasteiger partial charge in [0.25, 0.3) is 0 Å². The number of nitrogens with one attached hydrogen (secondary N) is 1. The van der Waals surface area contributed by atoms with E-state index in [1.54, 1.807) is 12.1 Å². The van der Waals surface area contributed by atoms with Crippen LogP contribution in [0.25, 0.3) is 0 Å². The van der Waals surface area contributed by atoms with E-state index in [-0.39, 0.29) is 5.82 Å². The van der Waals surface area contributed by atoms with E-state index >= 15 is 0 Å². The van der Waals surface area contributed by atoms with Gasteiger partial charge in [-0.05, 0) is 55.3 Å². The second-order valence-corrected chi connectivity index (χ2v) is 5.37. The van der Waals surface area contributed by atoms with Gasteiger partial charge in [-0.1, -0.05) is 12.1 Å². The number of piperidine rings is 1. The number of hydrogen-bond donors (Lipinski definition) is 1. The Hall–Kier alpha value is -0.540. The standard InChI is InChI=1S/C13H18FNS/c14-13-3-1-11(2-4-13)9-16-10-12-5-7-15-8-6-12/h1-4,12,15H,5-10H2. The lowest BCUT2D eigenvalue weighted by atomic mass is 10.0. The van der Waals surface area contributed by atoms with Crippen molar-refractivity contribution in [2.24, 2.45) is 5.92 Å². The Morgan fingerprint density at radius 2 is 1.88 bits per heavy atom. The molecule has 1 aliphatic rings. The van der Waals surface area contributed by atoms with Gasteiger partial charge in [-0.3, -0.25) is 0 Å². The third-order valence-electron chi connectivity index (χ3n) is 2.99. The minimum Gasteiger partial charge on any atom is -0.317 e. The lowest BCUT2D eigenvalue weighted by Crippen LogP contribution is -2.28. The van der Waals surface area contributed by atoms with Crippen LogP contribution in [0.3, 0.4) is 0 Å². The van der Waals surface area contributed by atoms with E-state index in [0.717, 1.165) is 11.7 Å². The fourth-order valence-electron chi connectivity index (χ4n) is 1.97. The van der Waals surface area contributed by atoms with Gasteiger partial charge in [-0.2, -0.15) is 11.8 Å². The summed E-state index contributed by atoms with van der Waals surface area (Å²) in [5, 5.41) is 3.38. The largest absolute Gasteiger partial charge is 0.317 e. The predicted octanol–water partition coefficient (Wildman–Crippen LogP) is 3.06. The number of halogens is 1. The van der Waals surface area contributed by atoms with Crippen molar-refractivity contribution in [1.29, 1.82) is 0 Å². The van der Waals surface area contributed by atoms with Crippen molar-refractivity contribution in [3.05, 3.63) is 35.6 Å². The summed E-state index contributed by atoms with van der Waals surface area (Å²) in [5.41, 5.74) is 1.22. The second-order valence-electron chi connectivity index (χ2n) is 4.33. The van der Waals surface area contributed by atoms with Gasteiger partial charge in [-0.15, -0.1) is 0 Å². The molecule has 0 radical (unpaired) electrons. The van der Waals surface area contributed by atoms with Crippen LogP contribution in [0, 0.1) is 11.7 Å². The summed E-state index contributed by atoms with van der Waals surface area (Å²) in [6, 6.07) is 6.84. The maximum atomic E-state index is 12.7. The average Bonchev–Trinajstić information content (AvgIpc) is 2.33. The van der Waals surface area contributed by atoms with E-state index in [9.17, 15) is 4.39 Å². The Kier molecular flexibility index (Phi) is 4.67. The summed E-state index contributed by atoms with van der Waals surface area (Å²) in [6.45, 7) is 2.34. The first kappa shape index (κ1) is 11.9. The molecular weight excluding hydrogens is 221 g/mol. The van der Waals surface area contributed by atoms with Crippen LogP contribution in [0.4, 0.5) is 4.39 Å². The number of rotatable bonds is 4. The zero-order valence-electron chi connectivity index (χ0n) is 9.42. The highest BCUT2D eigenvalue weighted by Gasteiger charge is 2.12. The average molecular weight is 239 g/mol. The molecule has 1 saturated heterocycles. The molecule has 0 aromatic heterocycles. The van der Waals surface area contributed by atoms with E-state index in [2.05, 4.69) is 5.32 Å². The summed E-state index contributed by atoms with van der Waals surface area (Å²) in [5.74, 6) is 2.96. The monoisotopic (exact) mass is 239 g/mol. The molecule has 16 heavy (non-hydrogen) atoms. The Balaban J connectivity index is 1.69. The fourth-order valence-corrected chi connectivity index (χ4v) is 3.19. The first-order chi connectivity index (χ1) is 7.84. The predicted molar refractivity (Wildman–Crippen MR) is 68.2 cm³/mol. The molecular formula is C13H18FNS. The molecule has 88 valence electrons. The highest BCUT2D eigenvalue weighted by molar-refractivity contribution is 7.98. The highest BCUT2D eigenvalue weighted by Crippen LogP contribution is 2.21. The molecule has 0 amide bonds. The van der Waals surface area contributed by atoms with Crippen LogP contribution in [-0.4, -0.2) is 18.8 Å². The molecule has 1 aromatic carbocycles. The van der Waals surface area contributed by atoms with E-state index in [0.29, 0.717) is 0 Å². The van der Waals surface area contributed by atoms with Crippen LogP contribution in [0.1, 0.15) is 18.4 Å². The van der Waals surface area contributed by atoms with E-state index in [1.165, 1.54) is 37.2 Å². The molecule has 3 heteroatoms. The first-order valence-electron chi connectivity index (χ1n) is 5.87. The van der Waals surface area contributed by atoms with Gasteiger partial charge >= 0.3 is 0 Å². The Labute approximate surface area is 101 Å². The molecule has 0 spiro atoms. The van der Waals surface area contributed by atoms with Gasteiger partial charge in [0.05, 0.1) is 0 Å². The molecule has 1 fully saturated rings. The lowest BCUT2D eigenvalue weighted by molar-refractivity contribution is 0.408. The zero-order valence-corrected chi connectivity index (χ0v) is 10.2. The van der Waals surface area contributed by atoms with Crippen molar-refractivity contribution in [2.75, 3.05) is 18.8 Å². The van der Waals surface area contributed by atoms with Gasteiger partial charge in [0, 0.05) is 5.75 Å². The lowest BCUT2D eigenvalue weighted by Gasteiger charge is -2.22. The Bertz CT molecular complexity index is 306. The summed E-state index contributed by atoms with van der Waals surface area (Å²) >= 11 is 1.97. The molecule has 0 atom stereocenters. The smallest absolute Gasteiger partial charge is 0.123 e. The van der Waals surface area contributed by atoms with E-state index in [4.69, 9.17) is 0 Å². The van der Waals surface area contributed by atoms with Crippen LogP contribution in [0.2, 0.25) is 0 Å². The molecule has 0 unspecified atom stereocenters. The van der Waals surface area contributed by atoms with Gasteiger partial charge in [0.1, 0.15) is 5.82 Å². The molecule has 1 aliphatic heterocycles. The molecule has 0 aliphatic carbocycles. The van der Waals surface area contributed by atoms with Gasteiger partial charge in [0.2, 0.25) is 0 Å². The third-order valence-corrected chi connectivity index (χ3v) is 4.24. The van der Waals surface area contributed by atoms with E-state index in [1.807, 2.05) is 23.9 Å². The summed E-state index contributed by atoms with van der Waals surface area (Å²) in [4.78, 5) is 0.